The molecule has 1 aromatic heterocycles. The van der Waals surface area contributed by atoms with Gasteiger partial charge in [-0.2, -0.15) is 5.26 Å². The lowest BCUT2D eigenvalue weighted by Gasteiger charge is -2.36. The van der Waals surface area contributed by atoms with Gasteiger partial charge in [0.1, 0.15) is 30.0 Å². The Morgan fingerprint density at radius 2 is 1.76 bits per heavy atom. The summed E-state index contributed by atoms with van der Waals surface area (Å²) in [7, 11) is 0. The van der Waals surface area contributed by atoms with E-state index in [4.69, 9.17) is 19.7 Å². The van der Waals surface area contributed by atoms with Crippen LogP contribution in [0.15, 0.2) is 29.6 Å². The number of nitriles is 1. The Kier molecular flexibility index (Phi) is 9.70. The van der Waals surface area contributed by atoms with Gasteiger partial charge in [-0.25, -0.2) is 9.78 Å². The number of carbonyl (C=O) groups is 3. The van der Waals surface area contributed by atoms with Crippen molar-refractivity contribution in [2.24, 2.45) is 0 Å². The topological polar surface area (TPSA) is 137 Å². The van der Waals surface area contributed by atoms with Gasteiger partial charge in [-0.1, -0.05) is 19.3 Å². The van der Waals surface area contributed by atoms with Crippen LogP contribution in [-0.4, -0.2) is 71.7 Å². The number of rotatable bonds is 8. The van der Waals surface area contributed by atoms with Crippen molar-refractivity contribution in [3.63, 3.8) is 0 Å². The minimum atomic E-state index is -0.994. The molecule has 3 amide bonds. The van der Waals surface area contributed by atoms with Gasteiger partial charge in [-0.05, 0) is 57.9 Å². The molecular formula is C29H38N6O5S. The van der Waals surface area contributed by atoms with E-state index >= 15 is 0 Å². The lowest BCUT2D eigenvalue weighted by molar-refractivity contribution is -0.128. The van der Waals surface area contributed by atoms with Crippen molar-refractivity contribution < 1.29 is 23.9 Å². The van der Waals surface area contributed by atoms with Crippen LogP contribution in [0, 0.1) is 11.3 Å². The molecule has 1 aromatic carbocycles. The number of benzene rings is 1. The number of thiazole rings is 1. The fourth-order valence-corrected chi connectivity index (χ4v) is 5.78. The number of hydrogen-bond acceptors (Lipinski definition) is 9. The first-order valence-corrected chi connectivity index (χ1v) is 14.8. The average molecular weight is 583 g/mol. The van der Waals surface area contributed by atoms with Crippen molar-refractivity contribution in [1.29, 1.82) is 5.26 Å². The third-order valence-corrected chi connectivity index (χ3v) is 8.02. The van der Waals surface area contributed by atoms with Gasteiger partial charge in [0.15, 0.2) is 5.13 Å². The van der Waals surface area contributed by atoms with Crippen LogP contribution in [0.5, 0.6) is 5.75 Å². The van der Waals surface area contributed by atoms with Crippen molar-refractivity contribution in [3.05, 3.63) is 40.9 Å². The first kappa shape index (κ1) is 30.1. The highest BCUT2D eigenvalue weighted by Crippen LogP contribution is 2.29. The molecular weight excluding hydrogens is 544 g/mol. The molecule has 2 heterocycles. The highest BCUT2D eigenvalue weighted by Gasteiger charge is 2.40. The number of piperazine rings is 1. The molecule has 2 N–H and O–H groups in total. The second-order valence-corrected chi connectivity index (χ2v) is 12.2. The maximum absolute atomic E-state index is 13.0. The molecule has 2 aliphatic rings. The molecule has 0 unspecified atom stereocenters. The fourth-order valence-electron chi connectivity index (χ4n) is 4.92. The van der Waals surface area contributed by atoms with Crippen LogP contribution in [0.4, 0.5) is 9.93 Å². The molecule has 220 valence electrons. The second kappa shape index (κ2) is 13.2. The monoisotopic (exact) mass is 582 g/mol. The maximum Gasteiger partial charge on any atom is 0.410 e. The summed E-state index contributed by atoms with van der Waals surface area (Å²) in [5.41, 5.74) is -0.285. The summed E-state index contributed by atoms with van der Waals surface area (Å²) in [5.74, 6) is -0.0395. The minimum Gasteiger partial charge on any atom is -0.487 e. The molecule has 11 nitrogen and oxygen atoms in total. The summed E-state index contributed by atoms with van der Waals surface area (Å²) in [6.07, 6.45) is 3.50. The van der Waals surface area contributed by atoms with Crippen molar-refractivity contribution in [2.45, 2.75) is 70.6 Å². The van der Waals surface area contributed by atoms with E-state index in [0.29, 0.717) is 50.3 Å². The molecule has 1 saturated heterocycles. The number of amides is 3. The molecule has 0 spiro atoms. The number of carbonyl (C=O) groups excluding carboxylic acids is 3. The summed E-state index contributed by atoms with van der Waals surface area (Å²) in [4.78, 5) is 46.7. The number of nitrogens with zero attached hydrogens (tertiary/aromatic N) is 4. The van der Waals surface area contributed by atoms with E-state index in [1.807, 2.05) is 32.2 Å². The van der Waals surface area contributed by atoms with Crippen LogP contribution in [0.3, 0.4) is 0 Å². The van der Waals surface area contributed by atoms with E-state index in [0.717, 1.165) is 30.1 Å². The summed E-state index contributed by atoms with van der Waals surface area (Å²) >= 11 is 1.54. The number of aromatic nitrogens is 1. The van der Waals surface area contributed by atoms with Crippen LogP contribution in [-0.2, 0) is 16.1 Å². The standard InChI is InChI=1S/C29H38N6O5S/c1-28(2,3)40-27(38)35-17-15-34(16-18-35)26-32-22(20-41-26)19-39-23-9-7-21(8-10-23)24(36)33-29(11-5-4-6-12-29)25(37)31-14-13-30/h7-10,20H,4-6,11-12,14-19H2,1-3H3,(H,31,37)(H,33,36). The fraction of sp³-hybridized carbons (Fsp3) is 0.552. The zero-order chi connectivity index (χ0) is 29.5. The van der Waals surface area contributed by atoms with Gasteiger partial charge in [0.25, 0.3) is 5.91 Å². The van der Waals surface area contributed by atoms with Crippen LogP contribution in [0.1, 0.15) is 68.9 Å². The average Bonchev–Trinajstić information content (AvgIpc) is 3.44. The van der Waals surface area contributed by atoms with E-state index in [9.17, 15) is 14.4 Å². The molecule has 0 bridgehead atoms. The lowest BCUT2D eigenvalue weighted by Crippen LogP contribution is -2.59. The van der Waals surface area contributed by atoms with E-state index in [1.165, 1.54) is 11.3 Å². The minimum absolute atomic E-state index is 0.0896. The SMILES string of the molecule is CC(C)(C)OC(=O)N1CCN(c2nc(COc3ccc(C(=O)NC4(C(=O)NCC#N)CCCCC4)cc3)cs2)CC1. The van der Waals surface area contributed by atoms with Gasteiger partial charge in [-0.3, -0.25) is 9.59 Å². The largest absolute Gasteiger partial charge is 0.487 e. The normalized spacial score (nSPS) is 16.8. The Balaban J connectivity index is 1.27. The Bertz CT molecular complexity index is 1250. The molecule has 2 aromatic rings. The van der Waals surface area contributed by atoms with Crippen LogP contribution >= 0.6 is 11.3 Å². The third kappa shape index (κ3) is 8.10. The van der Waals surface area contributed by atoms with Crippen LogP contribution in [0.25, 0.3) is 0 Å². The maximum atomic E-state index is 13.0. The quantitative estimate of drug-likeness (QED) is 0.448. The summed E-state index contributed by atoms with van der Waals surface area (Å²) in [6.45, 7) is 8.28. The van der Waals surface area contributed by atoms with Gasteiger partial charge in [-0.15, -0.1) is 11.3 Å². The highest BCUT2D eigenvalue weighted by molar-refractivity contribution is 7.13. The predicted molar refractivity (Wildman–Crippen MR) is 155 cm³/mol. The van der Waals surface area contributed by atoms with Crippen molar-refractivity contribution >= 4 is 34.4 Å². The Hall–Kier alpha value is -3.85. The van der Waals surface area contributed by atoms with E-state index < -0.39 is 11.1 Å². The number of nitrogens with one attached hydrogen (secondary N) is 2. The molecule has 0 atom stereocenters. The van der Waals surface area contributed by atoms with Gasteiger partial charge < -0.3 is 29.9 Å². The zero-order valence-corrected chi connectivity index (χ0v) is 24.7. The molecule has 1 aliphatic carbocycles. The summed E-state index contributed by atoms with van der Waals surface area (Å²) in [6, 6.07) is 8.71. The first-order chi connectivity index (χ1) is 19.6. The smallest absolute Gasteiger partial charge is 0.410 e. The summed E-state index contributed by atoms with van der Waals surface area (Å²) in [5, 5.41) is 17.2. The van der Waals surface area contributed by atoms with Gasteiger partial charge in [0.2, 0.25) is 5.91 Å². The van der Waals surface area contributed by atoms with Gasteiger partial charge >= 0.3 is 6.09 Å². The second-order valence-electron chi connectivity index (χ2n) is 11.3. The zero-order valence-electron chi connectivity index (χ0n) is 23.9. The highest BCUT2D eigenvalue weighted by atomic mass is 32.1. The number of anilines is 1. The molecule has 0 radical (unpaired) electrons. The van der Waals surface area contributed by atoms with Gasteiger partial charge in [0, 0.05) is 37.1 Å². The lowest BCUT2D eigenvalue weighted by atomic mass is 9.80. The Morgan fingerprint density at radius 1 is 1.07 bits per heavy atom. The Labute approximate surface area is 244 Å². The first-order valence-electron chi connectivity index (χ1n) is 14.0. The van der Waals surface area contributed by atoms with Crippen molar-refractivity contribution in [1.82, 2.24) is 20.5 Å². The van der Waals surface area contributed by atoms with Crippen LogP contribution < -0.4 is 20.3 Å². The van der Waals surface area contributed by atoms with Crippen molar-refractivity contribution in [3.8, 4) is 11.8 Å². The number of hydrogen-bond donors (Lipinski definition) is 2. The van der Waals surface area contributed by atoms with Crippen molar-refractivity contribution in [2.75, 3.05) is 37.6 Å². The predicted octanol–water partition coefficient (Wildman–Crippen LogP) is 3.85. The summed E-state index contributed by atoms with van der Waals surface area (Å²) < 4.78 is 11.4. The van der Waals surface area contributed by atoms with E-state index in [2.05, 4.69) is 15.5 Å². The molecule has 4 rings (SSSR count). The van der Waals surface area contributed by atoms with Gasteiger partial charge in [0.05, 0.1) is 11.8 Å². The molecule has 41 heavy (non-hydrogen) atoms. The van der Waals surface area contributed by atoms with E-state index in [-0.39, 0.29) is 31.1 Å². The molecule has 2 fully saturated rings. The molecule has 1 aliphatic heterocycles. The van der Waals surface area contributed by atoms with Crippen LogP contribution in [0.2, 0.25) is 0 Å². The Morgan fingerprint density at radius 3 is 2.39 bits per heavy atom. The molecule has 12 heteroatoms. The molecule has 1 saturated carbocycles. The van der Waals surface area contributed by atoms with E-state index in [1.54, 1.807) is 29.2 Å². The number of ether oxygens (including phenoxy) is 2. The third-order valence-electron chi connectivity index (χ3n) is 7.07.